The van der Waals surface area contributed by atoms with E-state index in [1.165, 1.54) is 4.31 Å². The second kappa shape index (κ2) is 7.26. The molecular formula is C15H23ClN4O3S. The number of nitrogens with zero attached hydrogens (tertiary/aromatic N) is 1. The topological polar surface area (TPSA) is 119 Å². The maximum absolute atomic E-state index is 12.4. The molecule has 1 aliphatic carbocycles. The van der Waals surface area contributed by atoms with Gasteiger partial charge in [0.15, 0.2) is 0 Å². The Morgan fingerprint density at radius 2 is 2.08 bits per heavy atom. The lowest BCUT2D eigenvalue weighted by Gasteiger charge is -2.19. The fourth-order valence-electron chi connectivity index (χ4n) is 3.59. The number of fused-ring (bicyclic) bond motifs is 1. The normalized spacial score (nSPS) is 22.8. The number of nitrogens with two attached hydrogens (primary N) is 2. The molecule has 1 aromatic carbocycles. The van der Waals surface area contributed by atoms with Crippen LogP contribution >= 0.6 is 12.4 Å². The summed E-state index contributed by atoms with van der Waals surface area (Å²) < 4.78 is 24.4. The summed E-state index contributed by atoms with van der Waals surface area (Å²) in [4.78, 5) is 12.4. The van der Waals surface area contributed by atoms with E-state index < -0.39 is 10.2 Å². The van der Waals surface area contributed by atoms with E-state index in [0.29, 0.717) is 30.9 Å². The summed E-state index contributed by atoms with van der Waals surface area (Å²) in [5, 5.41) is 8.13. The number of halogens is 1. The van der Waals surface area contributed by atoms with Gasteiger partial charge in [-0.2, -0.15) is 8.42 Å². The predicted octanol–water partition coefficient (Wildman–Crippen LogP) is 0.988. The number of carbonyl (C=O) groups excluding carboxylic acids is 1. The van der Waals surface area contributed by atoms with Crippen LogP contribution in [-0.4, -0.2) is 27.4 Å². The fraction of sp³-hybridized carbons (Fsp3) is 0.533. The highest BCUT2D eigenvalue weighted by Crippen LogP contribution is 2.34. The van der Waals surface area contributed by atoms with Crippen LogP contribution in [0.2, 0.25) is 0 Å². The Balaban J connectivity index is 0.00000208. The Labute approximate surface area is 148 Å². The van der Waals surface area contributed by atoms with Crippen LogP contribution in [0.1, 0.15) is 24.8 Å². The lowest BCUT2D eigenvalue weighted by molar-refractivity contribution is -0.120. The highest BCUT2D eigenvalue weighted by atomic mass is 35.5. The zero-order valence-electron chi connectivity index (χ0n) is 13.3. The summed E-state index contributed by atoms with van der Waals surface area (Å²) in [5.41, 5.74) is 7.78. The fourth-order valence-corrected chi connectivity index (χ4v) is 4.38. The molecule has 0 bridgehead atoms. The van der Waals surface area contributed by atoms with Gasteiger partial charge in [-0.1, -0.05) is 12.5 Å². The third-order valence-corrected chi connectivity index (χ3v) is 5.81. The van der Waals surface area contributed by atoms with Crippen LogP contribution in [0.3, 0.4) is 0 Å². The van der Waals surface area contributed by atoms with Crippen LogP contribution in [-0.2, 0) is 21.4 Å². The van der Waals surface area contributed by atoms with E-state index in [2.05, 4.69) is 5.32 Å². The largest absolute Gasteiger partial charge is 0.330 e. The number of benzene rings is 1. The molecule has 2 atom stereocenters. The summed E-state index contributed by atoms with van der Waals surface area (Å²) in [6, 6.07) is 5.32. The summed E-state index contributed by atoms with van der Waals surface area (Å²) in [5.74, 6) is 0.117. The summed E-state index contributed by atoms with van der Waals surface area (Å²) in [6.45, 7) is 0.852. The van der Waals surface area contributed by atoms with E-state index in [9.17, 15) is 13.2 Å². The average Bonchev–Trinajstić information content (AvgIpc) is 3.12. The van der Waals surface area contributed by atoms with E-state index in [4.69, 9.17) is 10.9 Å². The highest BCUT2D eigenvalue weighted by molar-refractivity contribution is 7.90. The number of rotatable bonds is 4. The van der Waals surface area contributed by atoms with Crippen molar-refractivity contribution in [3.8, 4) is 0 Å². The molecule has 9 heteroatoms. The summed E-state index contributed by atoms with van der Waals surface area (Å²) in [7, 11) is -3.79. The molecule has 1 saturated carbocycles. The lowest BCUT2D eigenvalue weighted by atomic mass is 9.95. The maximum Gasteiger partial charge on any atom is 0.299 e. The Bertz CT molecular complexity index is 725. The quantitative estimate of drug-likeness (QED) is 0.728. The SMILES string of the molecule is Cl.NC[C@H]1CCC[C@H]1C(=O)Nc1ccc2c(c1)N(S(N)(=O)=O)CC2. The Morgan fingerprint density at radius 3 is 2.75 bits per heavy atom. The first-order valence-corrected chi connectivity index (χ1v) is 9.35. The molecule has 1 fully saturated rings. The van der Waals surface area contributed by atoms with Crippen LogP contribution in [0.5, 0.6) is 0 Å². The van der Waals surface area contributed by atoms with Crippen molar-refractivity contribution in [3.63, 3.8) is 0 Å². The minimum Gasteiger partial charge on any atom is -0.330 e. The lowest BCUT2D eigenvalue weighted by Crippen LogP contribution is -2.35. The zero-order chi connectivity index (χ0) is 16.6. The number of nitrogens with one attached hydrogen (secondary N) is 1. The zero-order valence-corrected chi connectivity index (χ0v) is 14.9. The smallest absolute Gasteiger partial charge is 0.299 e. The molecule has 0 radical (unpaired) electrons. The molecule has 24 heavy (non-hydrogen) atoms. The second-order valence-corrected chi connectivity index (χ2v) is 7.70. The molecule has 1 aliphatic heterocycles. The van der Waals surface area contributed by atoms with Gasteiger partial charge in [0.1, 0.15) is 0 Å². The van der Waals surface area contributed by atoms with E-state index in [1.807, 2.05) is 6.07 Å². The van der Waals surface area contributed by atoms with Gasteiger partial charge in [0, 0.05) is 18.2 Å². The Hall–Kier alpha value is -1.35. The highest BCUT2D eigenvalue weighted by Gasteiger charge is 2.32. The van der Waals surface area contributed by atoms with Crippen molar-refractivity contribution in [2.24, 2.45) is 22.7 Å². The van der Waals surface area contributed by atoms with E-state index in [-0.39, 0.29) is 30.2 Å². The molecule has 0 saturated heterocycles. The van der Waals surface area contributed by atoms with Crippen LogP contribution in [0.15, 0.2) is 18.2 Å². The molecule has 134 valence electrons. The van der Waals surface area contributed by atoms with Gasteiger partial charge in [-0.05, 0) is 49.4 Å². The van der Waals surface area contributed by atoms with Gasteiger partial charge in [0.25, 0.3) is 10.2 Å². The van der Waals surface area contributed by atoms with Crippen molar-refractivity contribution in [1.82, 2.24) is 0 Å². The van der Waals surface area contributed by atoms with Crippen molar-refractivity contribution in [1.29, 1.82) is 0 Å². The van der Waals surface area contributed by atoms with Crippen LogP contribution in [0.4, 0.5) is 11.4 Å². The number of hydrogen-bond acceptors (Lipinski definition) is 4. The first-order chi connectivity index (χ1) is 10.9. The average molecular weight is 375 g/mol. The maximum atomic E-state index is 12.4. The molecule has 7 nitrogen and oxygen atoms in total. The first kappa shape index (κ1) is 19.0. The van der Waals surface area contributed by atoms with Gasteiger partial charge in [0.05, 0.1) is 5.69 Å². The molecule has 1 amide bonds. The Morgan fingerprint density at radius 1 is 1.33 bits per heavy atom. The van der Waals surface area contributed by atoms with Crippen LogP contribution in [0.25, 0.3) is 0 Å². The van der Waals surface area contributed by atoms with E-state index in [1.54, 1.807) is 12.1 Å². The minimum absolute atomic E-state index is 0. The van der Waals surface area contributed by atoms with Crippen molar-refractivity contribution in [2.75, 3.05) is 22.7 Å². The van der Waals surface area contributed by atoms with Gasteiger partial charge in [-0.3, -0.25) is 9.10 Å². The van der Waals surface area contributed by atoms with Gasteiger partial charge in [0.2, 0.25) is 5.91 Å². The predicted molar refractivity (Wildman–Crippen MR) is 96.4 cm³/mol. The molecule has 0 aromatic heterocycles. The van der Waals surface area contributed by atoms with Crippen molar-refractivity contribution < 1.29 is 13.2 Å². The molecule has 1 aromatic rings. The molecule has 1 heterocycles. The monoisotopic (exact) mass is 374 g/mol. The second-order valence-electron chi connectivity index (χ2n) is 6.23. The van der Waals surface area contributed by atoms with Crippen molar-refractivity contribution in [2.45, 2.75) is 25.7 Å². The molecule has 0 spiro atoms. The first-order valence-electron chi connectivity index (χ1n) is 7.84. The third kappa shape index (κ3) is 3.66. The van der Waals surface area contributed by atoms with Crippen molar-refractivity contribution in [3.05, 3.63) is 23.8 Å². The van der Waals surface area contributed by atoms with E-state index in [0.717, 1.165) is 24.8 Å². The molecule has 3 rings (SSSR count). The minimum atomic E-state index is -3.79. The Kier molecular flexibility index (Phi) is 5.74. The van der Waals surface area contributed by atoms with Crippen molar-refractivity contribution >= 4 is 39.9 Å². The molecule has 0 unspecified atom stereocenters. The van der Waals surface area contributed by atoms with Gasteiger partial charge in [-0.25, -0.2) is 5.14 Å². The van der Waals surface area contributed by atoms with Crippen LogP contribution in [0, 0.1) is 11.8 Å². The third-order valence-electron chi connectivity index (χ3n) is 4.81. The van der Waals surface area contributed by atoms with Gasteiger partial charge in [-0.15, -0.1) is 12.4 Å². The van der Waals surface area contributed by atoms with Crippen LogP contribution < -0.4 is 20.5 Å². The molecule has 5 N–H and O–H groups in total. The molecule has 2 aliphatic rings. The van der Waals surface area contributed by atoms with E-state index >= 15 is 0 Å². The summed E-state index contributed by atoms with van der Waals surface area (Å²) >= 11 is 0. The van der Waals surface area contributed by atoms with Gasteiger partial charge < -0.3 is 11.1 Å². The standard InChI is InChI=1S/C15H22N4O3S.ClH/c16-9-11-2-1-3-13(11)15(20)18-12-5-4-10-6-7-19(14(10)8-12)23(17,21)22;/h4-5,8,11,13H,1-3,6-7,9,16H2,(H,18,20)(H2,17,21,22);1H/t11-,13-;/m1./s1. The van der Waals surface area contributed by atoms with Gasteiger partial charge >= 0.3 is 0 Å². The molecular weight excluding hydrogens is 352 g/mol. The number of amides is 1. The number of carbonyl (C=O) groups is 1. The number of hydrogen-bond donors (Lipinski definition) is 3. The number of anilines is 2. The summed E-state index contributed by atoms with van der Waals surface area (Å²) in [6.07, 6.45) is 3.47.